The molecule has 0 bridgehead atoms. The fourth-order valence-corrected chi connectivity index (χ4v) is 22.3. The highest BCUT2D eigenvalue weighted by molar-refractivity contribution is 7.29. The third kappa shape index (κ3) is 17.2. The summed E-state index contributed by atoms with van der Waals surface area (Å²) in [7, 11) is 0. The molecule has 0 N–H and O–H groups in total. The molecule has 0 amide bonds. The molecule has 0 saturated heterocycles. The minimum absolute atomic E-state index is 0.180. The molecule has 506 valence electrons. The van der Waals surface area contributed by atoms with E-state index >= 15 is 0 Å². The van der Waals surface area contributed by atoms with Crippen molar-refractivity contribution in [3.63, 3.8) is 0 Å². The third-order valence-corrected chi connectivity index (χ3v) is 27.6. The van der Waals surface area contributed by atoms with Crippen molar-refractivity contribution >= 4 is 123 Å². The molecule has 0 radical (unpaired) electrons. The fraction of sp³-hybridized carbons (Fsp3) is 0.465. The number of rotatable bonds is 40. The number of Topliss-reactive ketones (excluding diaryl/α,β-unsaturated/α-hetero) is 4. The van der Waals surface area contributed by atoms with E-state index in [1.165, 1.54) is 248 Å². The van der Waals surface area contributed by atoms with Gasteiger partial charge in [0.15, 0.2) is 23.1 Å². The number of carbonyl (C=O) groups is 4. The first-order chi connectivity index (χ1) is 47.0. The maximum Gasteiger partial charge on any atom is 0.197 e. The van der Waals surface area contributed by atoms with Crippen molar-refractivity contribution in [1.82, 2.24) is 0 Å². The second kappa shape index (κ2) is 35.5. The van der Waals surface area contributed by atoms with E-state index in [-0.39, 0.29) is 34.3 Å². The Morgan fingerprint density at radius 2 is 0.677 bits per heavy atom. The van der Waals surface area contributed by atoms with Gasteiger partial charge in [-0.1, -0.05) is 257 Å². The number of hydrogen-bond donors (Lipinski definition) is 0. The van der Waals surface area contributed by atoms with Gasteiger partial charge in [0.05, 0.1) is 11.1 Å². The van der Waals surface area contributed by atoms with Crippen LogP contribution in [0.15, 0.2) is 108 Å². The summed E-state index contributed by atoms with van der Waals surface area (Å²) in [6.07, 6.45) is 43.1. The lowest BCUT2D eigenvalue weighted by atomic mass is 9.95. The van der Waals surface area contributed by atoms with Crippen molar-refractivity contribution < 1.29 is 19.2 Å². The van der Waals surface area contributed by atoms with Crippen LogP contribution in [-0.4, -0.2) is 23.1 Å². The van der Waals surface area contributed by atoms with Crippen molar-refractivity contribution in [2.75, 3.05) is 0 Å². The molecule has 6 aromatic heterocycles. The highest BCUT2D eigenvalue weighted by Gasteiger charge is 2.35. The van der Waals surface area contributed by atoms with Gasteiger partial charge in [-0.25, -0.2) is 0 Å². The molecular weight excluding hydrogens is 1290 g/mol. The van der Waals surface area contributed by atoms with E-state index in [2.05, 4.69) is 90.1 Å². The van der Waals surface area contributed by atoms with Crippen LogP contribution in [0.3, 0.4) is 0 Å². The number of allylic oxidation sites excluding steroid dienone is 2. The minimum Gasteiger partial charge on any atom is -0.288 e. The van der Waals surface area contributed by atoms with Crippen LogP contribution in [0.4, 0.5) is 0 Å². The van der Waals surface area contributed by atoms with E-state index in [0.29, 0.717) is 34.1 Å². The van der Waals surface area contributed by atoms with Crippen molar-refractivity contribution in [2.45, 2.75) is 247 Å². The van der Waals surface area contributed by atoms with Crippen molar-refractivity contribution in [3.8, 4) is 40.4 Å². The maximum absolute atomic E-state index is 14.0. The van der Waals surface area contributed by atoms with E-state index in [0.717, 1.165) is 48.3 Å². The topological polar surface area (TPSA) is 68.3 Å². The Morgan fingerprint density at radius 1 is 0.344 bits per heavy atom. The van der Waals surface area contributed by atoms with Crippen LogP contribution in [0.25, 0.3) is 72.7 Å². The van der Waals surface area contributed by atoms with Gasteiger partial charge in [-0.15, -0.1) is 68.0 Å². The van der Waals surface area contributed by atoms with Crippen molar-refractivity contribution in [1.29, 1.82) is 0 Å². The van der Waals surface area contributed by atoms with E-state index in [1.807, 2.05) is 81.8 Å². The zero-order chi connectivity index (χ0) is 66.9. The normalized spacial score (nSPS) is 13.8. The number of hydrogen-bond acceptors (Lipinski definition) is 10. The summed E-state index contributed by atoms with van der Waals surface area (Å²) in [6, 6.07) is 34.0. The summed E-state index contributed by atoms with van der Waals surface area (Å²) in [5.41, 5.74) is 7.76. The molecule has 11 rings (SSSR count). The van der Waals surface area contributed by atoms with Gasteiger partial charge in [-0.3, -0.25) is 19.2 Å². The number of aryl methyl sites for hydroxylation is 2. The molecular formula is C86H102O4S6. The number of benzene rings is 3. The maximum atomic E-state index is 14.0. The summed E-state index contributed by atoms with van der Waals surface area (Å²) < 4.78 is 2.62. The van der Waals surface area contributed by atoms with E-state index in [4.69, 9.17) is 0 Å². The first-order valence-corrected chi connectivity index (χ1v) is 42.2. The van der Waals surface area contributed by atoms with E-state index in [1.54, 1.807) is 46.9 Å². The summed E-state index contributed by atoms with van der Waals surface area (Å²) >= 11 is 11.3. The lowest BCUT2D eigenvalue weighted by Crippen LogP contribution is -2.01. The van der Waals surface area contributed by atoms with Gasteiger partial charge in [0.1, 0.15) is 0 Å². The molecule has 0 fully saturated rings. The Bertz CT molecular complexity index is 3780. The Balaban J connectivity index is 1.06. The minimum atomic E-state index is -0.180. The highest BCUT2D eigenvalue weighted by Crippen LogP contribution is 2.56. The standard InChI is InChI=1S/C86H102O4S6/c1-7-13-17-19-21-23-25-27-29-31-39-59-51-63(53-71-79(87)65-41-33-34-42-66(65)80(71)88)93-83(59)75-55-69-77(73-47-45-61(91-73)49-57(11-5)37-15-9-3)86-70(78(85(69)95-75)74-48-46-62(92-74)50-58(12-6)38-16-10-4)56-76(96-86)84-60(40-32-30-28-26-24-22-20-18-14-8-2)52-64(94-84)54-72-81(89)67-43-35-36-44-68(67)82(72)90/h33-36,41-48,51-58H,7-32,37-40,49-50H2,1-6H3. The Morgan fingerprint density at radius 3 is 1.01 bits per heavy atom. The molecule has 0 aliphatic heterocycles. The van der Waals surface area contributed by atoms with Gasteiger partial charge in [-0.05, 0) is 122 Å². The van der Waals surface area contributed by atoms with Gasteiger partial charge in [0.2, 0.25) is 0 Å². The van der Waals surface area contributed by atoms with Gasteiger partial charge < -0.3 is 0 Å². The van der Waals surface area contributed by atoms with Crippen LogP contribution >= 0.6 is 68.0 Å². The highest BCUT2D eigenvalue weighted by atomic mass is 32.1. The summed E-state index contributed by atoms with van der Waals surface area (Å²) in [5, 5.41) is 2.58. The molecule has 2 atom stereocenters. The van der Waals surface area contributed by atoms with E-state index < -0.39 is 0 Å². The Hall–Kier alpha value is -5.46. The van der Waals surface area contributed by atoms with Crippen molar-refractivity contribution in [3.05, 3.63) is 161 Å². The van der Waals surface area contributed by atoms with Crippen LogP contribution < -0.4 is 0 Å². The predicted octanol–water partition coefficient (Wildman–Crippen LogP) is 28.4. The average Bonchev–Trinajstić information content (AvgIpc) is 1.55. The molecule has 10 heteroatoms. The molecule has 2 aliphatic rings. The fourth-order valence-electron chi connectivity index (χ4n) is 14.7. The van der Waals surface area contributed by atoms with Gasteiger partial charge in [-0.2, -0.15) is 0 Å². The quantitative estimate of drug-likeness (QED) is 0.0218. The number of fused-ring (bicyclic) bond motifs is 4. The molecule has 3 aromatic carbocycles. The molecule has 0 saturated carbocycles. The summed E-state index contributed by atoms with van der Waals surface area (Å²) in [5.74, 6) is 0.567. The van der Waals surface area contributed by atoms with Gasteiger partial charge >= 0.3 is 0 Å². The lowest BCUT2D eigenvalue weighted by molar-refractivity contribution is 0.0975. The zero-order valence-electron chi connectivity index (χ0n) is 58.3. The van der Waals surface area contributed by atoms with Crippen LogP contribution in [0.1, 0.15) is 293 Å². The summed E-state index contributed by atoms with van der Waals surface area (Å²) in [4.78, 5) is 68.5. The lowest BCUT2D eigenvalue weighted by Gasteiger charge is -2.13. The smallest absolute Gasteiger partial charge is 0.197 e. The van der Waals surface area contributed by atoms with Crippen LogP contribution in [0, 0.1) is 11.8 Å². The molecule has 9 aromatic rings. The molecule has 6 heterocycles. The molecule has 4 nitrogen and oxygen atoms in total. The zero-order valence-corrected chi connectivity index (χ0v) is 63.2. The van der Waals surface area contributed by atoms with Gasteiger partial charge in [0, 0.05) is 102 Å². The number of unbranched alkanes of at least 4 members (excludes halogenated alkanes) is 20. The second-order valence-corrected chi connectivity index (χ2v) is 34.2. The van der Waals surface area contributed by atoms with Gasteiger partial charge in [0.25, 0.3) is 0 Å². The Labute approximate surface area is 598 Å². The average molecular weight is 1390 g/mol. The molecule has 2 aliphatic carbocycles. The molecule has 96 heavy (non-hydrogen) atoms. The number of ketones is 4. The number of thiophene rings is 6. The summed E-state index contributed by atoms with van der Waals surface area (Å²) in [6.45, 7) is 13.9. The third-order valence-electron chi connectivity index (χ3n) is 20.4. The van der Waals surface area contributed by atoms with Crippen LogP contribution in [-0.2, 0) is 25.7 Å². The van der Waals surface area contributed by atoms with Crippen molar-refractivity contribution in [2.24, 2.45) is 11.8 Å². The van der Waals surface area contributed by atoms with Crippen LogP contribution in [0.2, 0.25) is 0 Å². The second-order valence-electron chi connectivity index (χ2n) is 27.6. The first-order valence-electron chi connectivity index (χ1n) is 37.3. The largest absolute Gasteiger partial charge is 0.288 e. The SMILES string of the molecule is CCCCCCCCCCCCc1cc(C=C2C(=O)c3ccccc3C2=O)sc1-c1cc2c(-c3ccc(CC(CC)CCCC)s3)c3sc(-c4sc(C=C5C(=O)c6ccccc6C5=O)cc4CCCCCCCCCCCC)cc3c(-c3ccc(CC(CC)CCCC)s3)c2s1. The first kappa shape index (κ1) is 71.8. The molecule has 2 unspecified atom stereocenters. The van der Waals surface area contributed by atoms with E-state index in [9.17, 15) is 19.2 Å². The molecule has 0 spiro atoms. The van der Waals surface area contributed by atoms with Crippen LogP contribution in [0.5, 0.6) is 0 Å². The number of carbonyl (C=O) groups excluding carboxylic acids is 4. The predicted molar refractivity (Wildman–Crippen MR) is 422 cm³/mol. The Kier molecular flexibility index (Phi) is 26.6. The monoisotopic (exact) mass is 1390 g/mol.